The van der Waals surface area contributed by atoms with Crippen molar-refractivity contribution in [2.45, 2.75) is 59.2 Å². The van der Waals surface area contributed by atoms with Gasteiger partial charge < -0.3 is 10.2 Å². The van der Waals surface area contributed by atoms with Crippen molar-refractivity contribution in [3.63, 3.8) is 0 Å². The van der Waals surface area contributed by atoms with Crippen LogP contribution in [-0.2, 0) is 32.6 Å². The lowest BCUT2D eigenvalue weighted by Gasteiger charge is -2.34. The van der Waals surface area contributed by atoms with Crippen LogP contribution >= 0.6 is 11.6 Å². The quantitative estimate of drug-likeness (QED) is 0.314. The molecule has 2 amide bonds. The number of halogens is 1. The Hall–Kier alpha value is -3.36. The lowest BCUT2D eigenvalue weighted by Crippen LogP contribution is -2.54. The first-order chi connectivity index (χ1) is 18.9. The average molecular weight is 584 g/mol. The first-order valence-electron chi connectivity index (χ1n) is 13.3. The largest absolute Gasteiger partial charge is 0.352 e. The van der Waals surface area contributed by atoms with E-state index in [0.717, 1.165) is 33.7 Å². The van der Waals surface area contributed by atoms with Gasteiger partial charge in [-0.2, -0.15) is 0 Å². The summed E-state index contributed by atoms with van der Waals surface area (Å²) in [6.45, 7) is 7.26. The number of carbonyl (C=O) groups is 2. The Morgan fingerprint density at radius 2 is 1.60 bits per heavy atom. The molecule has 0 aliphatic carbocycles. The number of hydrogen-bond donors (Lipinski definition) is 1. The molecular weight excluding hydrogens is 546 g/mol. The second kappa shape index (κ2) is 13.8. The van der Waals surface area contributed by atoms with Gasteiger partial charge in [0.25, 0.3) is 0 Å². The molecule has 3 aromatic carbocycles. The van der Waals surface area contributed by atoms with Crippen molar-refractivity contribution in [3.05, 3.63) is 100 Å². The van der Waals surface area contributed by atoms with E-state index in [9.17, 15) is 18.0 Å². The Labute approximate surface area is 243 Å². The fraction of sp³-hybridized carbons (Fsp3) is 0.355. The number of hydrogen-bond acceptors (Lipinski definition) is 4. The molecule has 40 heavy (non-hydrogen) atoms. The summed E-state index contributed by atoms with van der Waals surface area (Å²) in [5.74, 6) is -0.779. The number of aryl methyl sites for hydroxylation is 2. The van der Waals surface area contributed by atoms with Gasteiger partial charge in [-0.25, -0.2) is 8.42 Å². The Kier molecular flexibility index (Phi) is 10.8. The van der Waals surface area contributed by atoms with Gasteiger partial charge >= 0.3 is 0 Å². The topological polar surface area (TPSA) is 86.8 Å². The van der Waals surface area contributed by atoms with Gasteiger partial charge in [-0.05, 0) is 61.6 Å². The molecule has 0 aliphatic heterocycles. The normalized spacial score (nSPS) is 12.8. The number of anilines is 1. The van der Waals surface area contributed by atoms with E-state index in [1.165, 1.54) is 11.0 Å². The number of rotatable bonds is 12. The molecule has 3 rings (SSSR count). The fourth-order valence-electron chi connectivity index (χ4n) is 4.41. The Morgan fingerprint density at radius 3 is 2.23 bits per heavy atom. The van der Waals surface area contributed by atoms with Crippen molar-refractivity contribution in [3.8, 4) is 0 Å². The fourth-order valence-corrected chi connectivity index (χ4v) is 5.48. The highest BCUT2D eigenvalue weighted by Crippen LogP contribution is 2.27. The monoisotopic (exact) mass is 583 g/mol. The van der Waals surface area contributed by atoms with Crippen LogP contribution in [0.15, 0.2) is 72.8 Å². The number of nitrogens with zero attached hydrogens (tertiary/aromatic N) is 2. The van der Waals surface area contributed by atoms with Gasteiger partial charge in [0.2, 0.25) is 21.8 Å². The summed E-state index contributed by atoms with van der Waals surface area (Å²) >= 11 is 6.21. The van der Waals surface area contributed by atoms with Crippen LogP contribution in [0.5, 0.6) is 0 Å². The molecule has 214 valence electrons. The van der Waals surface area contributed by atoms with Crippen molar-refractivity contribution in [2.75, 3.05) is 17.1 Å². The number of amides is 2. The molecule has 0 saturated heterocycles. The lowest BCUT2D eigenvalue weighted by molar-refractivity contribution is -0.140. The third kappa shape index (κ3) is 8.32. The van der Waals surface area contributed by atoms with Crippen molar-refractivity contribution in [1.29, 1.82) is 0 Å². The second-order valence-electron chi connectivity index (χ2n) is 10.2. The lowest BCUT2D eigenvalue weighted by atomic mass is 10.0. The molecule has 3 aromatic rings. The van der Waals surface area contributed by atoms with Crippen LogP contribution in [0.3, 0.4) is 0 Å². The number of carbonyl (C=O) groups excluding carboxylic acids is 2. The maximum Gasteiger partial charge on any atom is 0.244 e. The van der Waals surface area contributed by atoms with Crippen LogP contribution < -0.4 is 9.62 Å². The SMILES string of the molecule is CC[C@@H](C)NC(=O)[C@H](Cc1ccccc1)N(Cc1ccccc1C)C(=O)CN(c1cc(Cl)ccc1C)S(C)(=O)=O. The smallest absolute Gasteiger partial charge is 0.244 e. The number of sulfonamides is 1. The summed E-state index contributed by atoms with van der Waals surface area (Å²) in [5.41, 5.74) is 3.70. The van der Waals surface area contributed by atoms with Gasteiger partial charge in [0.1, 0.15) is 12.6 Å². The third-order valence-corrected chi connectivity index (χ3v) is 8.35. The first-order valence-corrected chi connectivity index (χ1v) is 15.6. The molecule has 2 atom stereocenters. The Balaban J connectivity index is 2.10. The minimum Gasteiger partial charge on any atom is -0.352 e. The first kappa shape index (κ1) is 31.2. The van der Waals surface area contributed by atoms with Gasteiger partial charge in [0.05, 0.1) is 11.9 Å². The van der Waals surface area contributed by atoms with Crippen LogP contribution in [0.2, 0.25) is 5.02 Å². The van der Waals surface area contributed by atoms with Gasteiger partial charge in [-0.1, -0.05) is 79.2 Å². The Morgan fingerprint density at radius 1 is 0.950 bits per heavy atom. The van der Waals surface area contributed by atoms with Crippen molar-refractivity contribution < 1.29 is 18.0 Å². The molecule has 9 heteroatoms. The van der Waals surface area contributed by atoms with E-state index in [4.69, 9.17) is 11.6 Å². The second-order valence-corrected chi connectivity index (χ2v) is 12.5. The van der Waals surface area contributed by atoms with Gasteiger partial charge in [0.15, 0.2) is 0 Å². The third-order valence-electron chi connectivity index (χ3n) is 6.99. The van der Waals surface area contributed by atoms with E-state index in [0.29, 0.717) is 16.3 Å². The maximum atomic E-state index is 14.2. The standard InChI is InChI=1S/C31H38ClN3O4S/c1-6-24(4)33-31(37)29(18-25-13-8-7-9-14-25)34(20-26-15-11-10-12-22(26)2)30(36)21-35(40(5,38)39)28-19-27(32)17-16-23(28)3/h7-17,19,24,29H,6,18,20-21H2,1-5H3,(H,33,37)/t24-,29+/m1/s1. The summed E-state index contributed by atoms with van der Waals surface area (Å²) in [7, 11) is -3.87. The molecule has 0 radical (unpaired) electrons. The van der Waals surface area contributed by atoms with E-state index < -0.39 is 28.5 Å². The van der Waals surface area contributed by atoms with Crippen LogP contribution in [0, 0.1) is 13.8 Å². The zero-order valence-corrected chi connectivity index (χ0v) is 25.3. The summed E-state index contributed by atoms with van der Waals surface area (Å²) < 4.78 is 27.0. The molecule has 0 unspecified atom stereocenters. The molecule has 0 aromatic heterocycles. The molecule has 7 nitrogen and oxygen atoms in total. The molecule has 0 saturated carbocycles. The molecule has 0 heterocycles. The summed E-state index contributed by atoms with van der Waals surface area (Å²) in [6.07, 6.45) is 2.06. The predicted octanol–water partition coefficient (Wildman–Crippen LogP) is 5.28. The highest BCUT2D eigenvalue weighted by atomic mass is 35.5. The number of nitrogens with one attached hydrogen (secondary N) is 1. The summed E-state index contributed by atoms with van der Waals surface area (Å²) in [4.78, 5) is 29.4. The van der Waals surface area contributed by atoms with Crippen molar-refractivity contribution >= 4 is 39.1 Å². The van der Waals surface area contributed by atoms with Crippen LogP contribution in [0.25, 0.3) is 0 Å². The molecule has 0 spiro atoms. The zero-order valence-electron chi connectivity index (χ0n) is 23.7. The Bertz CT molecular complexity index is 1430. The number of benzene rings is 3. The van der Waals surface area contributed by atoms with E-state index in [-0.39, 0.29) is 24.9 Å². The van der Waals surface area contributed by atoms with Crippen LogP contribution in [0.1, 0.15) is 42.5 Å². The molecule has 0 aliphatic rings. The minimum absolute atomic E-state index is 0.0946. The molecular formula is C31H38ClN3O4S. The van der Waals surface area contributed by atoms with Crippen molar-refractivity contribution in [2.24, 2.45) is 0 Å². The van der Waals surface area contributed by atoms with E-state index in [1.54, 1.807) is 19.1 Å². The predicted molar refractivity (Wildman–Crippen MR) is 162 cm³/mol. The van der Waals surface area contributed by atoms with E-state index in [2.05, 4.69) is 5.32 Å². The molecule has 0 bridgehead atoms. The van der Waals surface area contributed by atoms with E-state index >= 15 is 0 Å². The van der Waals surface area contributed by atoms with Crippen LogP contribution in [0.4, 0.5) is 5.69 Å². The molecule has 1 N–H and O–H groups in total. The molecule has 0 fully saturated rings. The maximum absolute atomic E-state index is 14.2. The highest BCUT2D eigenvalue weighted by molar-refractivity contribution is 7.92. The zero-order chi connectivity index (χ0) is 29.4. The van der Waals surface area contributed by atoms with Gasteiger partial charge in [0, 0.05) is 24.0 Å². The van der Waals surface area contributed by atoms with Crippen molar-refractivity contribution in [1.82, 2.24) is 10.2 Å². The van der Waals surface area contributed by atoms with Gasteiger partial charge in [-0.3, -0.25) is 13.9 Å². The average Bonchev–Trinajstić information content (AvgIpc) is 2.91. The summed E-state index contributed by atoms with van der Waals surface area (Å²) in [6, 6.07) is 21.1. The van der Waals surface area contributed by atoms with Gasteiger partial charge in [-0.15, -0.1) is 0 Å². The van der Waals surface area contributed by atoms with Crippen LogP contribution in [-0.4, -0.2) is 50.0 Å². The van der Waals surface area contributed by atoms with E-state index in [1.807, 2.05) is 75.4 Å². The minimum atomic E-state index is -3.87. The highest BCUT2D eigenvalue weighted by Gasteiger charge is 2.34. The summed E-state index contributed by atoms with van der Waals surface area (Å²) in [5, 5.41) is 3.39.